The summed E-state index contributed by atoms with van der Waals surface area (Å²) in [6.07, 6.45) is 0.0464. The first kappa shape index (κ1) is 23.6. The van der Waals surface area contributed by atoms with Crippen LogP contribution < -0.4 is 11.1 Å². The second-order valence-electron chi connectivity index (χ2n) is 7.21. The number of thioether (sulfide) groups is 3. The lowest BCUT2D eigenvalue weighted by Gasteiger charge is -2.53. The molecule has 15 heteroatoms. The van der Waals surface area contributed by atoms with E-state index in [4.69, 9.17) is 5.73 Å². The Bertz CT molecular complexity index is 1030. The van der Waals surface area contributed by atoms with E-state index in [0.29, 0.717) is 22.3 Å². The van der Waals surface area contributed by atoms with Crippen LogP contribution in [0.1, 0.15) is 12.6 Å². The molecule has 2 aromatic rings. The molecular formula is C17H20N6O4S5. The van der Waals surface area contributed by atoms with Crippen molar-refractivity contribution in [1.29, 1.82) is 0 Å². The smallest absolute Gasteiger partial charge is 0.313 e. The summed E-state index contributed by atoms with van der Waals surface area (Å²) in [5.74, 6) is 0.0135. The molecule has 2 unspecified atom stereocenters. The zero-order chi connectivity index (χ0) is 22.9. The highest BCUT2D eigenvalue weighted by atomic mass is 32.2. The van der Waals surface area contributed by atoms with E-state index < -0.39 is 17.4 Å². The predicted octanol–water partition coefficient (Wildman–Crippen LogP) is 1.49. The number of aliphatic carboxylic acids is 1. The van der Waals surface area contributed by atoms with Gasteiger partial charge < -0.3 is 21.1 Å². The maximum absolute atomic E-state index is 12.7. The number of carboxylic acids is 1. The number of anilines is 1. The highest BCUT2D eigenvalue weighted by molar-refractivity contribution is 8.03. The average Bonchev–Trinajstić information content (AvgIpc) is 3.39. The summed E-state index contributed by atoms with van der Waals surface area (Å²) >= 11 is 7.04. The monoisotopic (exact) mass is 532 g/mol. The van der Waals surface area contributed by atoms with Gasteiger partial charge in [-0.3, -0.25) is 14.4 Å². The van der Waals surface area contributed by atoms with Gasteiger partial charge in [0, 0.05) is 23.4 Å². The number of aromatic nitrogens is 3. The summed E-state index contributed by atoms with van der Waals surface area (Å²) in [6.45, 7) is 2.14. The zero-order valence-corrected chi connectivity index (χ0v) is 20.9. The minimum absolute atomic E-state index is 0.0464. The fraction of sp³-hybridized carbons (Fsp3) is 0.529. The largest absolute Gasteiger partial charge is 0.481 e. The molecule has 4 heterocycles. The van der Waals surface area contributed by atoms with Crippen LogP contribution in [0.4, 0.5) is 5.13 Å². The van der Waals surface area contributed by atoms with Crippen molar-refractivity contribution in [3.05, 3.63) is 11.1 Å². The zero-order valence-electron chi connectivity index (χ0n) is 16.8. The molecule has 32 heavy (non-hydrogen) atoms. The lowest BCUT2D eigenvalue weighted by atomic mass is 9.89. The van der Waals surface area contributed by atoms with Crippen LogP contribution >= 0.6 is 58.0 Å². The summed E-state index contributed by atoms with van der Waals surface area (Å²) in [7, 11) is 0. The van der Waals surface area contributed by atoms with E-state index in [1.807, 2.05) is 6.92 Å². The molecule has 2 aromatic heterocycles. The second kappa shape index (κ2) is 9.75. The number of nitrogens with zero attached hydrogens (tertiary/aromatic N) is 4. The van der Waals surface area contributed by atoms with Gasteiger partial charge in [0.2, 0.25) is 11.8 Å². The molecule has 4 rings (SSSR count). The average molecular weight is 533 g/mol. The first-order chi connectivity index (χ1) is 15.3. The number of carbonyl (C=O) groups excluding carboxylic acids is 2. The molecule has 0 saturated carbocycles. The molecule has 2 saturated heterocycles. The molecule has 3 atom stereocenters. The van der Waals surface area contributed by atoms with Gasteiger partial charge in [-0.2, -0.15) is 0 Å². The first-order valence-electron chi connectivity index (χ1n) is 9.55. The number of fused-ring (bicyclic) bond motifs is 1. The number of rotatable bonds is 9. The molecule has 0 radical (unpaired) electrons. The van der Waals surface area contributed by atoms with Crippen molar-refractivity contribution in [1.82, 2.24) is 25.4 Å². The van der Waals surface area contributed by atoms with Crippen LogP contribution in [0, 0.1) is 5.41 Å². The third kappa shape index (κ3) is 4.85. The van der Waals surface area contributed by atoms with Crippen molar-refractivity contribution >= 4 is 80.9 Å². The Morgan fingerprint density at radius 3 is 2.78 bits per heavy atom. The molecule has 0 spiro atoms. The van der Waals surface area contributed by atoms with Crippen molar-refractivity contribution in [2.24, 2.45) is 5.41 Å². The lowest BCUT2D eigenvalue weighted by molar-refractivity contribution is -0.157. The Morgan fingerprint density at radius 2 is 2.12 bits per heavy atom. The highest BCUT2D eigenvalue weighted by Crippen LogP contribution is 2.45. The van der Waals surface area contributed by atoms with E-state index in [1.165, 1.54) is 46.2 Å². The van der Waals surface area contributed by atoms with E-state index in [1.54, 1.807) is 22.0 Å². The van der Waals surface area contributed by atoms with Crippen molar-refractivity contribution in [2.75, 3.05) is 29.5 Å². The maximum atomic E-state index is 12.7. The number of hydrogen-bond donors (Lipinski definition) is 3. The molecular weight excluding hydrogens is 513 g/mol. The number of carboxylic acid groups (broad SMARTS) is 1. The van der Waals surface area contributed by atoms with Gasteiger partial charge in [-0.25, -0.2) is 4.98 Å². The van der Waals surface area contributed by atoms with Crippen LogP contribution in [-0.4, -0.2) is 78.2 Å². The Balaban J connectivity index is 1.35. The number of nitrogens with two attached hydrogens (primary N) is 1. The SMILES string of the molecule is CCSc1nnc(SCC2(C(=O)O)CS[C@@H]3C(NC(=O)Cc4csc(N)n4)C(=O)N3C2)s1. The van der Waals surface area contributed by atoms with E-state index >= 15 is 0 Å². The molecule has 10 nitrogen and oxygen atoms in total. The van der Waals surface area contributed by atoms with Gasteiger partial charge in [-0.1, -0.05) is 41.8 Å². The Hall–Kier alpha value is -1.55. The van der Waals surface area contributed by atoms with E-state index in [2.05, 4.69) is 20.5 Å². The molecule has 2 fully saturated rings. The molecule has 2 aliphatic rings. The number of β-lactam (4-membered cyclic amide) rings is 1. The number of nitrogen functional groups attached to an aromatic ring is 1. The normalized spacial score (nSPS) is 24.7. The van der Waals surface area contributed by atoms with Gasteiger partial charge in [0.1, 0.15) is 16.8 Å². The molecule has 0 aliphatic carbocycles. The molecule has 0 aromatic carbocycles. The van der Waals surface area contributed by atoms with Crippen LogP contribution in [0.5, 0.6) is 0 Å². The van der Waals surface area contributed by atoms with Gasteiger partial charge in [0.25, 0.3) is 0 Å². The third-order valence-electron chi connectivity index (χ3n) is 4.95. The summed E-state index contributed by atoms with van der Waals surface area (Å²) in [4.78, 5) is 42.8. The summed E-state index contributed by atoms with van der Waals surface area (Å²) in [5, 5.41) is 22.8. The van der Waals surface area contributed by atoms with Gasteiger partial charge in [0.05, 0.1) is 12.1 Å². The van der Waals surface area contributed by atoms with E-state index in [0.717, 1.165) is 14.4 Å². The fourth-order valence-corrected chi connectivity index (χ4v) is 8.68. The number of amides is 2. The minimum atomic E-state index is -1.08. The number of hydrogen-bond acceptors (Lipinski definition) is 12. The Morgan fingerprint density at radius 1 is 1.38 bits per heavy atom. The van der Waals surface area contributed by atoms with Gasteiger partial charge in [-0.05, 0) is 5.75 Å². The quantitative estimate of drug-likeness (QED) is 0.318. The van der Waals surface area contributed by atoms with Crippen LogP contribution in [0.2, 0.25) is 0 Å². The molecule has 2 aliphatic heterocycles. The van der Waals surface area contributed by atoms with E-state index in [-0.39, 0.29) is 30.2 Å². The fourth-order valence-electron chi connectivity index (χ4n) is 3.34. The summed E-state index contributed by atoms with van der Waals surface area (Å²) in [6, 6.07) is -0.653. The maximum Gasteiger partial charge on any atom is 0.313 e. The topological polar surface area (TPSA) is 151 Å². The standard InChI is InChI=1S/C17H20N6O4S5/c1-2-28-15-21-22-16(32-15)31-7-17(13(26)27)5-23-11(25)10(12(23)30-6-17)20-9(24)3-8-4-29-14(18)19-8/h4,10,12H,2-3,5-7H2,1H3,(H2,18,19)(H,20,24)(H,26,27)/t10?,12-,17?/m1/s1. The van der Waals surface area contributed by atoms with Crippen LogP contribution in [0.3, 0.4) is 0 Å². The number of thiazole rings is 1. The number of nitrogens with one attached hydrogen (secondary N) is 1. The molecule has 172 valence electrons. The van der Waals surface area contributed by atoms with Crippen molar-refractivity contribution in [3.8, 4) is 0 Å². The highest BCUT2D eigenvalue weighted by Gasteiger charge is 2.57. The summed E-state index contributed by atoms with van der Waals surface area (Å²) in [5.41, 5.74) is 5.06. The molecule has 2 amide bonds. The van der Waals surface area contributed by atoms with Crippen LogP contribution in [0.25, 0.3) is 0 Å². The van der Waals surface area contributed by atoms with E-state index in [9.17, 15) is 19.5 Å². The molecule has 4 N–H and O–H groups in total. The third-order valence-corrected chi connectivity index (χ3v) is 10.6. The van der Waals surface area contributed by atoms with Gasteiger partial charge in [-0.15, -0.1) is 33.3 Å². The van der Waals surface area contributed by atoms with Gasteiger partial charge in [0.15, 0.2) is 13.8 Å². The molecule has 0 bridgehead atoms. The van der Waals surface area contributed by atoms with Gasteiger partial charge >= 0.3 is 5.97 Å². The predicted molar refractivity (Wildman–Crippen MR) is 127 cm³/mol. The van der Waals surface area contributed by atoms with Crippen LogP contribution in [-0.2, 0) is 20.8 Å². The lowest BCUT2D eigenvalue weighted by Crippen LogP contribution is -2.74. The van der Waals surface area contributed by atoms with Crippen molar-refractivity contribution in [2.45, 2.75) is 33.4 Å². The Labute approximate surface area is 204 Å². The Kier molecular flexibility index (Phi) is 7.19. The van der Waals surface area contributed by atoms with Crippen molar-refractivity contribution in [3.63, 3.8) is 0 Å². The first-order valence-corrected chi connectivity index (χ1v) is 14.3. The van der Waals surface area contributed by atoms with Crippen molar-refractivity contribution < 1.29 is 19.5 Å². The second-order valence-corrected chi connectivity index (χ2v) is 12.9. The summed E-state index contributed by atoms with van der Waals surface area (Å²) < 4.78 is 1.57. The van der Waals surface area contributed by atoms with Crippen LogP contribution in [0.15, 0.2) is 14.1 Å². The number of carbonyl (C=O) groups is 3. The minimum Gasteiger partial charge on any atom is -0.481 e.